The largest absolute Gasteiger partial charge is 0.573 e. The van der Waals surface area contributed by atoms with E-state index in [1.54, 1.807) is 0 Å². The summed E-state index contributed by atoms with van der Waals surface area (Å²) in [4.78, 5) is 5.14. The molecule has 1 aromatic heterocycles. The van der Waals surface area contributed by atoms with Gasteiger partial charge in [0.2, 0.25) is 0 Å². The average Bonchev–Trinajstić information content (AvgIpc) is 2.95. The summed E-state index contributed by atoms with van der Waals surface area (Å²) in [6, 6.07) is 2.77. The van der Waals surface area contributed by atoms with Crippen LogP contribution in [0.4, 0.5) is 36.6 Å². The summed E-state index contributed by atoms with van der Waals surface area (Å²) in [6.45, 7) is 0. The summed E-state index contributed by atoms with van der Waals surface area (Å²) in [6.07, 6.45) is -10.5. The van der Waals surface area contributed by atoms with Gasteiger partial charge in [0.1, 0.15) is 17.5 Å². The Morgan fingerprint density at radius 2 is 1.81 bits per heavy atom. The number of aliphatic imine (C=N–C) groups is 1. The van der Waals surface area contributed by atoms with Crippen molar-refractivity contribution in [2.75, 3.05) is 14.1 Å². The molecule has 6 nitrogen and oxygen atoms in total. The van der Waals surface area contributed by atoms with E-state index in [0.29, 0.717) is 16.8 Å². The Balaban J connectivity index is 2.89. The molecule has 0 aliphatic heterocycles. The van der Waals surface area contributed by atoms with Crippen LogP contribution in [0.25, 0.3) is 11.3 Å². The Kier molecular flexibility index (Phi) is 7.63. The van der Waals surface area contributed by atoms with Gasteiger partial charge in [0.25, 0.3) is 12.5 Å². The van der Waals surface area contributed by atoms with Crippen molar-refractivity contribution in [1.82, 2.24) is 14.7 Å². The minimum atomic E-state index is -5.07. The summed E-state index contributed by atoms with van der Waals surface area (Å²) in [7, 11) is 2.94. The van der Waals surface area contributed by atoms with Gasteiger partial charge < -0.3 is 9.64 Å². The molecule has 0 radical (unpaired) electrons. The summed E-state index contributed by atoms with van der Waals surface area (Å²) in [5.41, 5.74) is -4.09. The molecule has 0 aliphatic carbocycles. The van der Waals surface area contributed by atoms with E-state index >= 15 is 0 Å². The van der Waals surface area contributed by atoms with E-state index in [-0.39, 0.29) is 0 Å². The van der Waals surface area contributed by atoms with Gasteiger partial charge in [0.05, 0.1) is 27.5 Å². The lowest BCUT2D eigenvalue weighted by Gasteiger charge is -2.14. The predicted octanol–water partition coefficient (Wildman–Crippen LogP) is 6.04. The van der Waals surface area contributed by atoms with Crippen molar-refractivity contribution >= 4 is 40.9 Å². The SMILES string of the molecule is CN(C)/C=N\c1c(C(=C(F)F)C(F)F)c(C#N)nn1-c1c(Cl)cc(OC(F)(F)F)cc1Cl. The molecule has 0 N–H and O–H groups in total. The number of allylic oxidation sites excluding steroid dienone is 1. The highest BCUT2D eigenvalue weighted by Crippen LogP contribution is 2.42. The van der Waals surface area contributed by atoms with Gasteiger partial charge in [-0.05, 0) is 0 Å². The first kappa shape index (κ1) is 25.3. The fraction of sp³-hybridized carbons (Fsp3) is 0.235. The van der Waals surface area contributed by atoms with Crippen LogP contribution in [0.3, 0.4) is 0 Å². The van der Waals surface area contributed by atoms with Gasteiger partial charge in [-0.1, -0.05) is 23.2 Å². The fourth-order valence-electron chi connectivity index (χ4n) is 2.40. The Morgan fingerprint density at radius 3 is 2.22 bits per heavy atom. The van der Waals surface area contributed by atoms with E-state index in [2.05, 4.69) is 14.8 Å². The van der Waals surface area contributed by atoms with Gasteiger partial charge in [-0.2, -0.15) is 19.1 Å². The number of halogens is 9. The smallest absolute Gasteiger partial charge is 0.406 e. The van der Waals surface area contributed by atoms with Crippen LogP contribution in [0.1, 0.15) is 11.3 Å². The van der Waals surface area contributed by atoms with Crippen molar-refractivity contribution < 1.29 is 35.5 Å². The van der Waals surface area contributed by atoms with Crippen molar-refractivity contribution in [3.8, 4) is 17.5 Å². The quantitative estimate of drug-likeness (QED) is 0.273. The van der Waals surface area contributed by atoms with E-state index in [9.17, 15) is 36.0 Å². The maximum Gasteiger partial charge on any atom is 0.573 e. The van der Waals surface area contributed by atoms with Gasteiger partial charge in [0, 0.05) is 26.2 Å². The van der Waals surface area contributed by atoms with Crippen LogP contribution in [-0.4, -0.2) is 47.9 Å². The highest BCUT2D eigenvalue weighted by Gasteiger charge is 2.34. The fourth-order valence-corrected chi connectivity index (χ4v) is 3.03. The normalized spacial score (nSPS) is 11.7. The number of rotatable bonds is 6. The van der Waals surface area contributed by atoms with Gasteiger partial charge in [0.15, 0.2) is 11.5 Å². The number of ether oxygens (including phenoxy) is 1. The molecular formula is C17H10Cl2F7N5O. The second-order valence-corrected chi connectivity index (χ2v) is 6.85. The molecule has 2 rings (SSSR count). The predicted molar refractivity (Wildman–Crippen MR) is 102 cm³/mol. The third kappa shape index (κ3) is 5.63. The molecule has 2 aromatic rings. The van der Waals surface area contributed by atoms with Gasteiger partial charge in [-0.3, -0.25) is 0 Å². The van der Waals surface area contributed by atoms with Crippen LogP contribution in [0.5, 0.6) is 5.75 Å². The van der Waals surface area contributed by atoms with Crippen molar-refractivity contribution in [3.05, 3.63) is 39.5 Å². The molecule has 0 atom stereocenters. The number of nitriles is 1. The van der Waals surface area contributed by atoms with Crippen LogP contribution in [-0.2, 0) is 0 Å². The third-order valence-electron chi connectivity index (χ3n) is 3.50. The Labute approximate surface area is 185 Å². The Morgan fingerprint density at radius 1 is 1.25 bits per heavy atom. The average molecular weight is 504 g/mol. The van der Waals surface area contributed by atoms with E-state index in [1.165, 1.54) is 25.1 Å². The number of nitrogens with zero attached hydrogens (tertiary/aromatic N) is 5. The van der Waals surface area contributed by atoms with Crippen molar-refractivity contribution in [1.29, 1.82) is 5.26 Å². The second-order valence-electron chi connectivity index (χ2n) is 6.04. The highest BCUT2D eigenvalue weighted by atomic mass is 35.5. The van der Waals surface area contributed by atoms with Gasteiger partial charge in [-0.15, -0.1) is 13.2 Å². The van der Waals surface area contributed by atoms with Crippen LogP contribution in [0, 0.1) is 11.3 Å². The number of hydrogen-bond donors (Lipinski definition) is 0. The first-order valence-electron chi connectivity index (χ1n) is 8.09. The lowest BCUT2D eigenvalue weighted by atomic mass is 10.1. The lowest BCUT2D eigenvalue weighted by Crippen LogP contribution is -2.17. The molecule has 172 valence electrons. The van der Waals surface area contributed by atoms with Crippen LogP contribution >= 0.6 is 23.2 Å². The second kappa shape index (κ2) is 9.66. The monoisotopic (exact) mass is 503 g/mol. The molecular weight excluding hydrogens is 494 g/mol. The topological polar surface area (TPSA) is 66.4 Å². The molecule has 0 bridgehead atoms. The highest BCUT2D eigenvalue weighted by molar-refractivity contribution is 6.38. The Bertz CT molecular complexity index is 1090. The van der Waals surface area contributed by atoms with Crippen molar-refractivity contribution in [2.45, 2.75) is 12.8 Å². The van der Waals surface area contributed by atoms with Crippen LogP contribution in [0.15, 0.2) is 23.2 Å². The van der Waals surface area contributed by atoms with Crippen molar-refractivity contribution in [2.24, 2.45) is 4.99 Å². The standard InChI is InChI=1S/C17H10Cl2F7N5O/c1-30(2)6-28-16-11(12(14(20)21)15(22)23)10(5-27)29-31(16)13-8(18)3-7(4-9(13)19)32-17(24,25)26/h3-4,6,14H,1-2H3/b28-6-. The van der Waals surface area contributed by atoms with Crippen molar-refractivity contribution in [3.63, 3.8) is 0 Å². The number of hydrogen-bond acceptors (Lipinski definition) is 4. The zero-order valence-electron chi connectivity index (χ0n) is 15.9. The Hall–Kier alpha value is -2.98. The summed E-state index contributed by atoms with van der Waals surface area (Å²) >= 11 is 12.0. The molecule has 0 aliphatic rings. The van der Waals surface area contributed by atoms with Crippen LogP contribution in [0.2, 0.25) is 10.0 Å². The van der Waals surface area contributed by atoms with E-state index in [1.807, 2.05) is 0 Å². The van der Waals surface area contributed by atoms with E-state index in [4.69, 9.17) is 23.2 Å². The summed E-state index contributed by atoms with van der Waals surface area (Å²) in [5.74, 6) is -1.50. The molecule has 32 heavy (non-hydrogen) atoms. The molecule has 0 fully saturated rings. The van der Waals surface area contributed by atoms with E-state index < -0.39 is 63.0 Å². The zero-order valence-corrected chi connectivity index (χ0v) is 17.4. The lowest BCUT2D eigenvalue weighted by molar-refractivity contribution is -0.274. The minimum absolute atomic E-state index is 0.413. The third-order valence-corrected chi connectivity index (χ3v) is 4.08. The molecule has 1 heterocycles. The van der Waals surface area contributed by atoms with Gasteiger partial charge in [-0.25, -0.2) is 18.5 Å². The van der Waals surface area contributed by atoms with Gasteiger partial charge >= 0.3 is 6.36 Å². The first-order chi connectivity index (χ1) is 14.8. The number of aromatic nitrogens is 2. The zero-order chi connectivity index (χ0) is 24.4. The van der Waals surface area contributed by atoms with E-state index in [0.717, 1.165) is 6.34 Å². The molecule has 0 amide bonds. The molecule has 15 heteroatoms. The number of alkyl halides is 5. The summed E-state index contributed by atoms with van der Waals surface area (Å²) < 4.78 is 95.2. The molecule has 0 saturated carbocycles. The molecule has 0 spiro atoms. The maximum absolute atomic E-state index is 13.4. The number of benzene rings is 1. The first-order valence-corrected chi connectivity index (χ1v) is 8.85. The molecule has 1 aromatic carbocycles. The molecule has 0 unspecified atom stereocenters. The summed E-state index contributed by atoms with van der Waals surface area (Å²) in [5, 5.41) is 11.9. The maximum atomic E-state index is 13.4. The minimum Gasteiger partial charge on any atom is -0.406 e. The van der Waals surface area contributed by atoms with Crippen LogP contribution < -0.4 is 4.74 Å². The molecule has 0 saturated heterocycles.